The first-order valence-corrected chi connectivity index (χ1v) is 12.9. The van der Waals surface area contributed by atoms with Crippen molar-refractivity contribution in [1.82, 2.24) is 14.8 Å². The second-order valence-electron chi connectivity index (χ2n) is 11.1. The lowest BCUT2D eigenvalue weighted by atomic mass is 9.91. The van der Waals surface area contributed by atoms with Crippen LogP contribution in [0.25, 0.3) is 11.3 Å². The summed E-state index contributed by atoms with van der Waals surface area (Å²) in [4.78, 5) is 44.7. The molecule has 2 amide bonds. The van der Waals surface area contributed by atoms with E-state index in [0.29, 0.717) is 54.1 Å². The average molecular weight is 551 g/mol. The zero-order valence-electron chi connectivity index (χ0n) is 22.2. The van der Waals surface area contributed by atoms with Crippen LogP contribution < -0.4 is 5.73 Å². The van der Waals surface area contributed by atoms with E-state index < -0.39 is 36.2 Å². The summed E-state index contributed by atoms with van der Waals surface area (Å²) >= 11 is 0. The molecule has 0 saturated carbocycles. The number of ether oxygens (including phenoxy) is 1. The number of nitrogens with zero attached hydrogens (tertiary/aromatic N) is 3. The number of primary amides is 1. The standard InChI is InChI=1S/C27H33F3N4O5/c1-26(2,3)39-21(35)7-6-20(24(31)36)34-13-18-12-17(4-5-19(18)25(34)37)22-23(38-15-32-22)16-8-10-33(11-9-16)14-27(28,29)30/h4-5,12,15-16,20H,6-11,13-14H2,1-3H3,(H2,31,36). The molecule has 3 heterocycles. The van der Waals surface area contributed by atoms with Gasteiger partial charge in [0.15, 0.2) is 6.39 Å². The molecule has 0 spiro atoms. The van der Waals surface area contributed by atoms with Gasteiger partial charge in [-0.25, -0.2) is 4.98 Å². The fourth-order valence-corrected chi connectivity index (χ4v) is 5.21. The number of likely N-dealkylation sites (tertiary alicyclic amines) is 1. The normalized spacial score (nSPS) is 17.8. The van der Waals surface area contributed by atoms with Gasteiger partial charge in [0.1, 0.15) is 23.1 Å². The summed E-state index contributed by atoms with van der Waals surface area (Å²) < 4.78 is 49.2. The Kier molecular flexibility index (Phi) is 8.06. The molecule has 9 nitrogen and oxygen atoms in total. The molecule has 1 fully saturated rings. The van der Waals surface area contributed by atoms with Crippen molar-refractivity contribution in [2.24, 2.45) is 5.73 Å². The molecular weight excluding hydrogens is 517 g/mol. The Morgan fingerprint density at radius 1 is 1.21 bits per heavy atom. The van der Waals surface area contributed by atoms with Gasteiger partial charge in [-0.2, -0.15) is 13.2 Å². The van der Waals surface area contributed by atoms with E-state index >= 15 is 0 Å². The van der Waals surface area contributed by atoms with Crippen molar-refractivity contribution in [2.45, 2.75) is 76.7 Å². The number of halogens is 3. The predicted molar refractivity (Wildman–Crippen MR) is 134 cm³/mol. The first-order valence-electron chi connectivity index (χ1n) is 12.9. The first kappa shape index (κ1) is 28.6. The van der Waals surface area contributed by atoms with E-state index in [0.717, 1.165) is 0 Å². The van der Waals surface area contributed by atoms with Crippen LogP contribution in [0.4, 0.5) is 13.2 Å². The number of aromatic nitrogens is 1. The van der Waals surface area contributed by atoms with E-state index in [4.69, 9.17) is 14.9 Å². The maximum atomic E-state index is 13.1. The third kappa shape index (κ3) is 6.97. The topological polar surface area (TPSA) is 119 Å². The second kappa shape index (κ2) is 11.0. The lowest BCUT2D eigenvalue weighted by Crippen LogP contribution is -2.45. The van der Waals surface area contributed by atoms with Crippen molar-refractivity contribution in [3.05, 3.63) is 41.5 Å². The fraction of sp³-hybridized carbons (Fsp3) is 0.556. The number of benzene rings is 1. The summed E-state index contributed by atoms with van der Waals surface area (Å²) in [5, 5.41) is 0. The molecule has 12 heteroatoms. The summed E-state index contributed by atoms with van der Waals surface area (Å²) in [5.74, 6) is -1.03. The van der Waals surface area contributed by atoms with Gasteiger partial charge in [-0.1, -0.05) is 6.07 Å². The third-order valence-electron chi connectivity index (χ3n) is 6.91. The molecule has 212 valence electrons. The summed E-state index contributed by atoms with van der Waals surface area (Å²) in [6.45, 7) is 5.03. The lowest BCUT2D eigenvalue weighted by molar-refractivity contribution is -0.155. The predicted octanol–water partition coefficient (Wildman–Crippen LogP) is 4.01. The maximum absolute atomic E-state index is 13.1. The molecule has 1 aromatic heterocycles. The minimum absolute atomic E-state index is 0.0390. The van der Waals surface area contributed by atoms with Gasteiger partial charge in [0, 0.05) is 30.0 Å². The molecule has 4 rings (SSSR count). The highest BCUT2D eigenvalue weighted by Crippen LogP contribution is 2.37. The number of alkyl halides is 3. The second-order valence-corrected chi connectivity index (χ2v) is 11.1. The molecular formula is C27H33F3N4O5. The fourth-order valence-electron chi connectivity index (χ4n) is 5.21. The van der Waals surface area contributed by atoms with Crippen molar-refractivity contribution in [3.8, 4) is 11.3 Å². The zero-order chi connectivity index (χ0) is 28.5. The smallest absolute Gasteiger partial charge is 0.401 e. The van der Waals surface area contributed by atoms with Crippen LogP contribution in [0.5, 0.6) is 0 Å². The minimum Gasteiger partial charge on any atom is -0.460 e. The van der Waals surface area contributed by atoms with E-state index in [1.54, 1.807) is 39.0 Å². The van der Waals surface area contributed by atoms with E-state index in [9.17, 15) is 27.6 Å². The van der Waals surface area contributed by atoms with Crippen molar-refractivity contribution in [1.29, 1.82) is 0 Å². The average Bonchev–Trinajstić information content (AvgIpc) is 3.42. The van der Waals surface area contributed by atoms with Crippen molar-refractivity contribution in [2.75, 3.05) is 19.6 Å². The van der Waals surface area contributed by atoms with Gasteiger partial charge in [0.25, 0.3) is 5.91 Å². The lowest BCUT2D eigenvalue weighted by Gasteiger charge is -2.31. The molecule has 2 aliphatic heterocycles. The molecule has 1 unspecified atom stereocenters. The number of carbonyl (C=O) groups excluding carboxylic acids is 3. The SMILES string of the molecule is CC(C)(C)OC(=O)CCC(C(N)=O)N1Cc2cc(-c3ncoc3C3CCN(CC(F)(F)F)CC3)ccc2C1=O. The van der Waals surface area contributed by atoms with Crippen molar-refractivity contribution < 1.29 is 36.7 Å². The largest absolute Gasteiger partial charge is 0.460 e. The van der Waals surface area contributed by atoms with Crippen molar-refractivity contribution in [3.63, 3.8) is 0 Å². The van der Waals surface area contributed by atoms with Crippen LogP contribution in [-0.4, -0.2) is 70.0 Å². The van der Waals surface area contributed by atoms with Crippen LogP contribution in [0.3, 0.4) is 0 Å². The minimum atomic E-state index is -4.23. The van der Waals surface area contributed by atoms with Crippen LogP contribution in [-0.2, 0) is 20.9 Å². The monoisotopic (exact) mass is 550 g/mol. The Morgan fingerprint density at radius 2 is 1.90 bits per heavy atom. The molecule has 1 atom stereocenters. The quantitative estimate of drug-likeness (QED) is 0.493. The van der Waals surface area contributed by atoms with Gasteiger partial charge in [-0.15, -0.1) is 0 Å². The number of hydrogen-bond donors (Lipinski definition) is 1. The van der Waals surface area contributed by atoms with Crippen LogP contribution in [0.1, 0.15) is 74.1 Å². The van der Waals surface area contributed by atoms with Crippen molar-refractivity contribution >= 4 is 17.8 Å². The summed E-state index contributed by atoms with van der Waals surface area (Å²) in [7, 11) is 0. The summed E-state index contributed by atoms with van der Waals surface area (Å²) in [5.41, 5.74) is 7.32. The molecule has 1 saturated heterocycles. The Bertz CT molecular complexity index is 1230. The number of oxazole rings is 1. The van der Waals surface area contributed by atoms with Gasteiger partial charge in [-0.05, 0) is 70.8 Å². The number of hydrogen-bond acceptors (Lipinski definition) is 7. The number of carbonyl (C=O) groups is 3. The van der Waals surface area contributed by atoms with Gasteiger partial charge in [-0.3, -0.25) is 19.3 Å². The highest BCUT2D eigenvalue weighted by Gasteiger charge is 2.37. The summed E-state index contributed by atoms with van der Waals surface area (Å²) in [6.07, 6.45) is -1.93. The Hall–Kier alpha value is -3.41. The number of rotatable bonds is 8. The number of piperidine rings is 1. The van der Waals surface area contributed by atoms with E-state index in [1.165, 1.54) is 16.2 Å². The van der Waals surface area contributed by atoms with Gasteiger partial charge < -0.3 is 19.8 Å². The van der Waals surface area contributed by atoms with Gasteiger partial charge >= 0.3 is 12.1 Å². The number of fused-ring (bicyclic) bond motifs is 1. The molecule has 1 aromatic carbocycles. The Labute approximate surface area is 224 Å². The highest BCUT2D eigenvalue weighted by atomic mass is 19.4. The molecule has 0 bridgehead atoms. The number of amides is 2. The van der Waals surface area contributed by atoms with Gasteiger partial charge in [0.05, 0.1) is 6.54 Å². The van der Waals surface area contributed by atoms with Crippen LogP contribution in [0, 0.1) is 0 Å². The van der Waals surface area contributed by atoms with Gasteiger partial charge in [0.2, 0.25) is 5.91 Å². The molecule has 2 aliphatic rings. The maximum Gasteiger partial charge on any atom is 0.401 e. The highest BCUT2D eigenvalue weighted by molar-refractivity contribution is 6.01. The Balaban J connectivity index is 1.46. The molecule has 0 radical (unpaired) electrons. The number of nitrogens with two attached hydrogens (primary N) is 1. The number of esters is 1. The van der Waals surface area contributed by atoms with Crippen LogP contribution >= 0.6 is 0 Å². The first-order chi connectivity index (χ1) is 18.2. The molecule has 2 N–H and O–H groups in total. The van der Waals surface area contributed by atoms with Crippen LogP contribution in [0.2, 0.25) is 0 Å². The van der Waals surface area contributed by atoms with E-state index in [-0.39, 0.29) is 31.2 Å². The van der Waals surface area contributed by atoms with Crippen LogP contribution in [0.15, 0.2) is 29.0 Å². The molecule has 2 aromatic rings. The summed E-state index contributed by atoms with van der Waals surface area (Å²) in [6, 6.07) is 4.22. The zero-order valence-corrected chi connectivity index (χ0v) is 22.2. The Morgan fingerprint density at radius 3 is 2.51 bits per heavy atom. The van der Waals surface area contributed by atoms with E-state index in [1.807, 2.05) is 0 Å². The molecule has 0 aliphatic carbocycles. The molecule has 39 heavy (non-hydrogen) atoms. The third-order valence-corrected chi connectivity index (χ3v) is 6.91. The van der Waals surface area contributed by atoms with E-state index in [2.05, 4.69) is 4.98 Å².